The van der Waals surface area contributed by atoms with E-state index in [0.29, 0.717) is 6.61 Å². The second-order valence-electron chi connectivity index (χ2n) is 4.94. The fourth-order valence-electron chi connectivity index (χ4n) is 2.28. The van der Waals surface area contributed by atoms with Crippen molar-refractivity contribution in [2.75, 3.05) is 37.7 Å². The molecule has 1 aliphatic rings. The fourth-order valence-corrected chi connectivity index (χ4v) is 2.28. The van der Waals surface area contributed by atoms with Crippen LogP contribution in [0.2, 0.25) is 0 Å². The molecule has 4 nitrogen and oxygen atoms in total. The van der Waals surface area contributed by atoms with Crippen LogP contribution in [-0.4, -0.2) is 43.8 Å². The van der Waals surface area contributed by atoms with Crippen molar-refractivity contribution < 1.29 is 9.53 Å². The maximum Gasteiger partial charge on any atom is 0.409 e. The van der Waals surface area contributed by atoms with Crippen molar-refractivity contribution in [3.63, 3.8) is 0 Å². The molecule has 0 spiro atoms. The number of hydrogen-bond donors (Lipinski definition) is 0. The fraction of sp³-hybridized carbons (Fsp3) is 0.533. The molecule has 0 atom stereocenters. The smallest absolute Gasteiger partial charge is 0.409 e. The Morgan fingerprint density at radius 2 is 1.84 bits per heavy atom. The molecule has 0 N–H and O–H groups in total. The van der Waals surface area contributed by atoms with Gasteiger partial charge in [-0.3, -0.25) is 0 Å². The lowest BCUT2D eigenvalue weighted by atomic mass is 10.1. The van der Waals surface area contributed by atoms with Gasteiger partial charge in [-0.25, -0.2) is 4.79 Å². The minimum absolute atomic E-state index is 0.192. The van der Waals surface area contributed by atoms with Gasteiger partial charge in [0.05, 0.1) is 6.61 Å². The Bertz CT molecular complexity index is 451. The first kappa shape index (κ1) is 13.7. The number of hydrogen-bond acceptors (Lipinski definition) is 3. The van der Waals surface area contributed by atoms with Crippen LogP contribution in [-0.2, 0) is 4.74 Å². The van der Waals surface area contributed by atoms with E-state index in [1.54, 1.807) is 4.90 Å². The normalized spacial score (nSPS) is 15.5. The van der Waals surface area contributed by atoms with Crippen LogP contribution in [0.25, 0.3) is 0 Å². The lowest BCUT2D eigenvalue weighted by Gasteiger charge is -2.35. The van der Waals surface area contributed by atoms with Crippen LogP contribution in [0, 0.1) is 13.8 Å². The quantitative estimate of drug-likeness (QED) is 0.821. The summed E-state index contributed by atoms with van der Waals surface area (Å²) in [6.07, 6.45) is -0.192. The molecular formula is C15H22N2O2. The lowest BCUT2D eigenvalue weighted by molar-refractivity contribution is 0.105. The number of amides is 1. The van der Waals surface area contributed by atoms with E-state index in [9.17, 15) is 4.79 Å². The van der Waals surface area contributed by atoms with Crippen molar-refractivity contribution in [2.24, 2.45) is 0 Å². The third-order valence-electron chi connectivity index (χ3n) is 3.66. The summed E-state index contributed by atoms with van der Waals surface area (Å²) in [6, 6.07) is 6.53. The molecule has 1 aromatic rings. The standard InChI is InChI=1S/C15H22N2O2/c1-4-19-15(18)17-9-7-16(8-10-17)14-6-5-12(2)13(3)11-14/h5-6,11H,4,7-10H2,1-3H3. The van der Waals surface area contributed by atoms with Gasteiger partial charge in [0.2, 0.25) is 0 Å². The van der Waals surface area contributed by atoms with Crippen LogP contribution in [0.4, 0.5) is 10.5 Å². The summed E-state index contributed by atoms with van der Waals surface area (Å²) >= 11 is 0. The van der Waals surface area contributed by atoms with E-state index in [-0.39, 0.29) is 6.09 Å². The van der Waals surface area contributed by atoms with E-state index in [1.807, 2.05) is 6.92 Å². The molecule has 2 rings (SSSR count). The molecule has 0 radical (unpaired) electrons. The van der Waals surface area contributed by atoms with Gasteiger partial charge in [0.25, 0.3) is 0 Å². The third kappa shape index (κ3) is 3.19. The molecule has 0 bridgehead atoms. The molecule has 0 aromatic heterocycles. The molecule has 4 heteroatoms. The number of rotatable bonds is 2. The highest BCUT2D eigenvalue weighted by Crippen LogP contribution is 2.20. The monoisotopic (exact) mass is 262 g/mol. The Hall–Kier alpha value is -1.71. The summed E-state index contributed by atoms with van der Waals surface area (Å²) in [5.41, 5.74) is 3.87. The van der Waals surface area contributed by atoms with Gasteiger partial charge in [0.1, 0.15) is 0 Å². The van der Waals surface area contributed by atoms with Crippen LogP contribution in [0.1, 0.15) is 18.1 Å². The minimum Gasteiger partial charge on any atom is -0.450 e. The Balaban J connectivity index is 1.96. The molecule has 1 saturated heterocycles. The second kappa shape index (κ2) is 5.95. The zero-order chi connectivity index (χ0) is 13.8. The number of nitrogens with zero attached hydrogens (tertiary/aromatic N) is 2. The van der Waals surface area contributed by atoms with Crippen LogP contribution < -0.4 is 4.90 Å². The summed E-state index contributed by atoms with van der Waals surface area (Å²) in [5, 5.41) is 0. The molecule has 1 aliphatic heterocycles. The van der Waals surface area contributed by atoms with Crippen molar-refractivity contribution in [2.45, 2.75) is 20.8 Å². The Kier molecular flexibility index (Phi) is 4.30. The predicted molar refractivity (Wildman–Crippen MR) is 76.7 cm³/mol. The van der Waals surface area contributed by atoms with Crippen molar-refractivity contribution in [3.05, 3.63) is 29.3 Å². The minimum atomic E-state index is -0.192. The first-order chi connectivity index (χ1) is 9.11. The largest absolute Gasteiger partial charge is 0.450 e. The highest BCUT2D eigenvalue weighted by atomic mass is 16.6. The van der Waals surface area contributed by atoms with E-state index in [1.165, 1.54) is 16.8 Å². The molecule has 1 amide bonds. The first-order valence-corrected chi connectivity index (χ1v) is 6.85. The van der Waals surface area contributed by atoms with Crippen LogP contribution in [0.15, 0.2) is 18.2 Å². The second-order valence-corrected chi connectivity index (χ2v) is 4.94. The Morgan fingerprint density at radius 3 is 2.42 bits per heavy atom. The Morgan fingerprint density at radius 1 is 1.16 bits per heavy atom. The summed E-state index contributed by atoms with van der Waals surface area (Å²) in [6.45, 7) is 9.71. The van der Waals surface area contributed by atoms with Crippen LogP contribution in [0.3, 0.4) is 0 Å². The topological polar surface area (TPSA) is 32.8 Å². The van der Waals surface area contributed by atoms with Crippen LogP contribution in [0.5, 0.6) is 0 Å². The SMILES string of the molecule is CCOC(=O)N1CCN(c2ccc(C)c(C)c2)CC1. The summed E-state index contributed by atoms with van der Waals surface area (Å²) in [7, 11) is 0. The lowest BCUT2D eigenvalue weighted by Crippen LogP contribution is -2.49. The van der Waals surface area contributed by atoms with Crippen molar-refractivity contribution in [1.82, 2.24) is 4.90 Å². The van der Waals surface area contributed by atoms with Gasteiger partial charge in [0, 0.05) is 31.9 Å². The summed E-state index contributed by atoms with van der Waals surface area (Å²) in [5.74, 6) is 0. The maximum atomic E-state index is 11.6. The van der Waals surface area contributed by atoms with Crippen LogP contribution >= 0.6 is 0 Å². The maximum absolute atomic E-state index is 11.6. The number of anilines is 1. The highest BCUT2D eigenvalue weighted by molar-refractivity contribution is 5.68. The first-order valence-electron chi connectivity index (χ1n) is 6.85. The van der Waals surface area contributed by atoms with Gasteiger partial charge in [-0.05, 0) is 44.0 Å². The molecule has 1 heterocycles. The van der Waals surface area contributed by atoms with E-state index in [0.717, 1.165) is 26.2 Å². The Labute approximate surface area is 115 Å². The van der Waals surface area contributed by atoms with Gasteiger partial charge < -0.3 is 14.5 Å². The number of ether oxygens (including phenoxy) is 1. The van der Waals surface area contributed by atoms with Gasteiger partial charge in [0.15, 0.2) is 0 Å². The third-order valence-corrected chi connectivity index (χ3v) is 3.66. The zero-order valence-electron chi connectivity index (χ0n) is 12.0. The molecule has 0 saturated carbocycles. The highest BCUT2D eigenvalue weighted by Gasteiger charge is 2.22. The molecule has 19 heavy (non-hydrogen) atoms. The van der Waals surface area contributed by atoms with E-state index < -0.39 is 0 Å². The van der Waals surface area contributed by atoms with Gasteiger partial charge in [-0.15, -0.1) is 0 Å². The average molecular weight is 262 g/mol. The number of benzene rings is 1. The van der Waals surface area contributed by atoms with Crippen molar-refractivity contribution in [3.8, 4) is 0 Å². The number of carbonyl (C=O) groups excluding carboxylic acids is 1. The number of carbonyl (C=O) groups is 1. The van der Waals surface area contributed by atoms with Gasteiger partial charge >= 0.3 is 6.09 Å². The summed E-state index contributed by atoms with van der Waals surface area (Å²) in [4.78, 5) is 15.7. The molecule has 1 fully saturated rings. The van der Waals surface area contributed by atoms with Crippen molar-refractivity contribution >= 4 is 11.8 Å². The van der Waals surface area contributed by atoms with Crippen molar-refractivity contribution in [1.29, 1.82) is 0 Å². The molecule has 1 aromatic carbocycles. The average Bonchev–Trinajstić information content (AvgIpc) is 2.42. The van der Waals surface area contributed by atoms with Gasteiger partial charge in [-0.1, -0.05) is 6.07 Å². The molecular weight excluding hydrogens is 240 g/mol. The van der Waals surface area contributed by atoms with Gasteiger partial charge in [-0.2, -0.15) is 0 Å². The number of piperazine rings is 1. The van der Waals surface area contributed by atoms with E-state index in [4.69, 9.17) is 4.74 Å². The number of aryl methyl sites for hydroxylation is 2. The zero-order valence-corrected chi connectivity index (χ0v) is 12.0. The molecule has 0 aliphatic carbocycles. The van der Waals surface area contributed by atoms with E-state index in [2.05, 4.69) is 36.9 Å². The summed E-state index contributed by atoms with van der Waals surface area (Å²) < 4.78 is 5.03. The van der Waals surface area contributed by atoms with E-state index >= 15 is 0 Å². The molecule has 0 unspecified atom stereocenters. The predicted octanol–water partition coefficient (Wildman–Crippen LogP) is 2.58. The molecule has 104 valence electrons.